The Labute approximate surface area is 111 Å². The van der Waals surface area contributed by atoms with Gasteiger partial charge in [0.1, 0.15) is 6.61 Å². The van der Waals surface area contributed by atoms with Crippen LogP contribution in [0.5, 0.6) is 0 Å². The molecule has 0 radical (unpaired) electrons. The summed E-state index contributed by atoms with van der Waals surface area (Å²) < 4.78 is 4.57. The number of hydrogen-bond acceptors (Lipinski definition) is 2. The van der Waals surface area contributed by atoms with Crippen LogP contribution in [0.15, 0.2) is 60.7 Å². The summed E-state index contributed by atoms with van der Waals surface area (Å²) in [4.78, 5) is 10.2. The maximum Gasteiger partial charge on any atom is 0.404 e. The van der Waals surface area contributed by atoms with Crippen molar-refractivity contribution >= 4 is 17.7 Å². The van der Waals surface area contributed by atoms with Crippen LogP contribution in [0.2, 0.25) is 5.02 Å². The molecule has 0 bridgehead atoms. The fourth-order valence-corrected chi connectivity index (χ4v) is 1.29. The Morgan fingerprint density at radius 3 is 1.89 bits per heavy atom. The van der Waals surface area contributed by atoms with Crippen molar-refractivity contribution in [3.63, 3.8) is 0 Å². The highest BCUT2D eigenvalue weighted by Crippen LogP contribution is 2.03. The zero-order valence-electron chi connectivity index (χ0n) is 9.75. The Kier molecular flexibility index (Phi) is 6.36. The minimum absolute atomic E-state index is 0.246. The van der Waals surface area contributed by atoms with E-state index in [1.807, 2.05) is 60.7 Å². The van der Waals surface area contributed by atoms with Crippen molar-refractivity contribution in [2.75, 3.05) is 0 Å². The van der Waals surface area contributed by atoms with Crippen molar-refractivity contribution in [2.24, 2.45) is 5.73 Å². The molecule has 2 N–H and O–H groups in total. The Morgan fingerprint density at radius 1 is 1.00 bits per heavy atom. The molecule has 0 aliphatic rings. The van der Waals surface area contributed by atoms with Gasteiger partial charge in [-0.05, 0) is 17.7 Å². The van der Waals surface area contributed by atoms with Crippen LogP contribution < -0.4 is 5.73 Å². The monoisotopic (exact) mass is 263 g/mol. The van der Waals surface area contributed by atoms with Crippen molar-refractivity contribution in [1.29, 1.82) is 0 Å². The second-order valence-electron chi connectivity index (χ2n) is 3.39. The number of amides is 1. The van der Waals surface area contributed by atoms with Gasteiger partial charge in [-0.1, -0.05) is 60.1 Å². The van der Waals surface area contributed by atoms with Gasteiger partial charge in [-0.15, -0.1) is 0 Å². The Bertz CT molecular complexity index is 460. The van der Waals surface area contributed by atoms with Crippen molar-refractivity contribution in [3.05, 3.63) is 71.2 Å². The van der Waals surface area contributed by atoms with Gasteiger partial charge in [-0.2, -0.15) is 0 Å². The quantitative estimate of drug-likeness (QED) is 0.900. The van der Waals surface area contributed by atoms with E-state index in [4.69, 9.17) is 17.3 Å². The molecule has 0 saturated carbocycles. The number of carbonyl (C=O) groups excluding carboxylic acids is 1. The van der Waals surface area contributed by atoms with E-state index in [-0.39, 0.29) is 6.61 Å². The molecule has 94 valence electrons. The van der Waals surface area contributed by atoms with Crippen LogP contribution >= 0.6 is 11.6 Å². The lowest BCUT2D eigenvalue weighted by Crippen LogP contribution is -2.12. The summed E-state index contributed by atoms with van der Waals surface area (Å²) in [7, 11) is 0. The second kappa shape index (κ2) is 8.14. The maximum atomic E-state index is 10.2. The third-order valence-electron chi connectivity index (χ3n) is 1.96. The number of benzene rings is 2. The second-order valence-corrected chi connectivity index (χ2v) is 3.83. The van der Waals surface area contributed by atoms with E-state index in [1.165, 1.54) is 0 Å². The zero-order chi connectivity index (χ0) is 13.2. The number of primary amides is 1. The van der Waals surface area contributed by atoms with Gasteiger partial charge in [0.05, 0.1) is 0 Å². The van der Waals surface area contributed by atoms with Crippen LogP contribution in [-0.2, 0) is 11.3 Å². The van der Waals surface area contributed by atoms with Crippen LogP contribution in [0.25, 0.3) is 0 Å². The van der Waals surface area contributed by atoms with Crippen LogP contribution in [-0.4, -0.2) is 6.09 Å². The predicted octanol–water partition coefficient (Wildman–Crippen LogP) is 3.62. The lowest BCUT2D eigenvalue weighted by molar-refractivity contribution is 0.150. The molecular weight excluding hydrogens is 250 g/mol. The number of carbonyl (C=O) groups is 1. The lowest BCUT2D eigenvalue weighted by Gasteiger charge is -1.99. The number of ether oxygens (including phenoxy) is 1. The van der Waals surface area contributed by atoms with Gasteiger partial charge in [0.25, 0.3) is 0 Å². The molecule has 18 heavy (non-hydrogen) atoms. The summed E-state index contributed by atoms with van der Waals surface area (Å²) in [6.07, 6.45) is -0.742. The van der Waals surface area contributed by atoms with Crippen LogP contribution in [0.4, 0.5) is 4.79 Å². The minimum atomic E-state index is -0.742. The fraction of sp³-hybridized carbons (Fsp3) is 0.0714. The van der Waals surface area contributed by atoms with Gasteiger partial charge < -0.3 is 10.5 Å². The van der Waals surface area contributed by atoms with E-state index in [9.17, 15) is 4.79 Å². The van der Waals surface area contributed by atoms with Gasteiger partial charge in [0, 0.05) is 5.02 Å². The average Bonchev–Trinajstić information content (AvgIpc) is 2.39. The molecule has 2 aromatic rings. The minimum Gasteiger partial charge on any atom is -0.445 e. The first-order valence-electron chi connectivity index (χ1n) is 5.35. The van der Waals surface area contributed by atoms with Crippen LogP contribution in [0.3, 0.4) is 0 Å². The highest BCUT2D eigenvalue weighted by Gasteiger charge is 1.93. The molecule has 2 aromatic carbocycles. The third-order valence-corrected chi connectivity index (χ3v) is 2.21. The molecule has 0 aliphatic carbocycles. The first-order chi connectivity index (χ1) is 8.68. The first kappa shape index (κ1) is 14.1. The molecule has 2 rings (SSSR count). The molecule has 0 atom stereocenters. The molecule has 3 nitrogen and oxygen atoms in total. The lowest BCUT2D eigenvalue weighted by atomic mass is 10.2. The molecule has 0 aromatic heterocycles. The molecule has 1 amide bonds. The van der Waals surface area contributed by atoms with E-state index in [0.717, 1.165) is 10.6 Å². The highest BCUT2D eigenvalue weighted by molar-refractivity contribution is 6.30. The Balaban J connectivity index is 0.000000199. The zero-order valence-corrected chi connectivity index (χ0v) is 10.5. The van der Waals surface area contributed by atoms with Gasteiger partial charge in [0.2, 0.25) is 0 Å². The van der Waals surface area contributed by atoms with E-state index in [1.54, 1.807) is 0 Å². The maximum absolute atomic E-state index is 10.2. The average molecular weight is 264 g/mol. The number of halogens is 1. The standard InChI is InChI=1S/C8H9NO2.C6H5Cl/c9-8(10)11-6-7-4-2-1-3-5-7;7-6-4-2-1-3-5-6/h1-5H,6H2,(H2,9,10);1-5H. The smallest absolute Gasteiger partial charge is 0.404 e. The summed E-state index contributed by atoms with van der Waals surface area (Å²) in [5.41, 5.74) is 5.72. The first-order valence-corrected chi connectivity index (χ1v) is 5.73. The Hall–Kier alpha value is -2.00. The number of hydrogen-bond donors (Lipinski definition) is 1. The summed E-state index contributed by atoms with van der Waals surface area (Å²) in [5, 5.41) is 0.794. The molecular formula is C14H14ClNO2. The van der Waals surface area contributed by atoms with Gasteiger partial charge in [0.15, 0.2) is 0 Å². The van der Waals surface area contributed by atoms with E-state index >= 15 is 0 Å². The number of rotatable bonds is 2. The van der Waals surface area contributed by atoms with Crippen molar-refractivity contribution in [1.82, 2.24) is 0 Å². The topological polar surface area (TPSA) is 52.3 Å². The van der Waals surface area contributed by atoms with E-state index in [0.29, 0.717) is 0 Å². The van der Waals surface area contributed by atoms with Gasteiger partial charge in [-0.25, -0.2) is 4.79 Å². The van der Waals surface area contributed by atoms with Crippen molar-refractivity contribution in [2.45, 2.75) is 6.61 Å². The molecule has 4 heteroatoms. The summed E-state index contributed by atoms with van der Waals surface area (Å²) in [5.74, 6) is 0. The summed E-state index contributed by atoms with van der Waals surface area (Å²) >= 11 is 5.54. The normalized spacial score (nSPS) is 8.94. The van der Waals surface area contributed by atoms with Gasteiger partial charge >= 0.3 is 6.09 Å². The molecule has 0 aliphatic heterocycles. The van der Waals surface area contributed by atoms with E-state index in [2.05, 4.69) is 4.74 Å². The predicted molar refractivity (Wildman–Crippen MR) is 72.3 cm³/mol. The number of nitrogens with two attached hydrogens (primary N) is 1. The van der Waals surface area contributed by atoms with E-state index < -0.39 is 6.09 Å². The third kappa shape index (κ3) is 6.55. The summed E-state index contributed by atoms with van der Waals surface area (Å²) in [6.45, 7) is 0.246. The van der Waals surface area contributed by atoms with Crippen molar-refractivity contribution < 1.29 is 9.53 Å². The molecule has 0 unspecified atom stereocenters. The largest absolute Gasteiger partial charge is 0.445 e. The molecule has 0 saturated heterocycles. The van der Waals surface area contributed by atoms with Crippen LogP contribution in [0.1, 0.15) is 5.56 Å². The summed E-state index contributed by atoms with van der Waals surface area (Å²) in [6, 6.07) is 18.8. The van der Waals surface area contributed by atoms with Crippen LogP contribution in [0, 0.1) is 0 Å². The van der Waals surface area contributed by atoms with Gasteiger partial charge in [-0.3, -0.25) is 0 Å². The highest BCUT2D eigenvalue weighted by atomic mass is 35.5. The molecule has 0 fully saturated rings. The Morgan fingerprint density at radius 2 is 1.50 bits per heavy atom. The fourth-order valence-electron chi connectivity index (χ4n) is 1.14. The SMILES string of the molecule is Clc1ccccc1.NC(=O)OCc1ccccc1. The molecule has 0 heterocycles. The van der Waals surface area contributed by atoms with Crippen molar-refractivity contribution in [3.8, 4) is 0 Å². The molecule has 0 spiro atoms.